The van der Waals surface area contributed by atoms with E-state index >= 15 is 0 Å². The summed E-state index contributed by atoms with van der Waals surface area (Å²) in [5.41, 5.74) is 1.17. The van der Waals surface area contributed by atoms with Crippen LogP contribution in [0.5, 0.6) is 5.75 Å². The first-order valence-corrected chi connectivity index (χ1v) is 9.21. The summed E-state index contributed by atoms with van der Waals surface area (Å²) in [7, 11) is 0. The van der Waals surface area contributed by atoms with Crippen LogP contribution in [0, 0.1) is 0 Å². The first-order chi connectivity index (χ1) is 11.8. The predicted octanol–water partition coefficient (Wildman–Crippen LogP) is 3.10. The minimum absolute atomic E-state index is 0.0302. The fourth-order valence-electron chi connectivity index (χ4n) is 3.19. The van der Waals surface area contributed by atoms with E-state index in [0.717, 1.165) is 30.1 Å². The number of amides is 2. The van der Waals surface area contributed by atoms with Gasteiger partial charge in [0.15, 0.2) is 5.13 Å². The van der Waals surface area contributed by atoms with Crippen molar-refractivity contribution in [3.8, 4) is 5.75 Å². The summed E-state index contributed by atoms with van der Waals surface area (Å²) in [6, 6.07) is 3.59. The molecular formula is C17H20N4O2S. The molecule has 3 heterocycles. The number of rotatable bonds is 3. The molecule has 0 bridgehead atoms. The average Bonchev–Trinajstić information content (AvgIpc) is 3.22. The van der Waals surface area contributed by atoms with E-state index < -0.39 is 0 Å². The van der Waals surface area contributed by atoms with Crippen LogP contribution in [-0.4, -0.2) is 40.1 Å². The van der Waals surface area contributed by atoms with E-state index in [-0.39, 0.29) is 12.1 Å². The molecule has 0 aromatic carbocycles. The smallest absolute Gasteiger partial charge is 0.323 e. The van der Waals surface area contributed by atoms with Crippen LogP contribution < -0.4 is 10.1 Å². The molecule has 1 saturated heterocycles. The molecule has 4 rings (SSSR count). The maximum Gasteiger partial charge on any atom is 0.323 e. The zero-order valence-electron chi connectivity index (χ0n) is 13.4. The summed E-state index contributed by atoms with van der Waals surface area (Å²) in [6.45, 7) is 1.30. The minimum Gasteiger partial charge on any atom is -0.488 e. The number of aromatic nitrogens is 2. The van der Waals surface area contributed by atoms with Gasteiger partial charge in [-0.1, -0.05) is 0 Å². The van der Waals surface area contributed by atoms with Gasteiger partial charge in [0.25, 0.3) is 0 Å². The summed E-state index contributed by atoms with van der Waals surface area (Å²) in [5, 5.41) is 3.68. The van der Waals surface area contributed by atoms with Gasteiger partial charge in [-0.15, -0.1) is 11.3 Å². The van der Waals surface area contributed by atoms with E-state index in [1.54, 1.807) is 28.6 Å². The van der Waals surface area contributed by atoms with Crippen molar-refractivity contribution in [1.82, 2.24) is 14.9 Å². The Morgan fingerprint density at radius 1 is 1.29 bits per heavy atom. The van der Waals surface area contributed by atoms with Gasteiger partial charge in [0, 0.05) is 30.2 Å². The predicted molar refractivity (Wildman–Crippen MR) is 92.6 cm³/mol. The highest BCUT2D eigenvalue weighted by Gasteiger charge is 2.28. The van der Waals surface area contributed by atoms with Crippen LogP contribution in [-0.2, 0) is 12.8 Å². The highest BCUT2D eigenvalue weighted by atomic mass is 32.1. The van der Waals surface area contributed by atoms with Crippen molar-refractivity contribution in [3.63, 3.8) is 0 Å². The van der Waals surface area contributed by atoms with E-state index in [2.05, 4.69) is 15.3 Å². The highest BCUT2D eigenvalue weighted by Crippen LogP contribution is 2.30. The van der Waals surface area contributed by atoms with Crippen LogP contribution in [0.3, 0.4) is 0 Å². The van der Waals surface area contributed by atoms with E-state index in [1.165, 1.54) is 23.4 Å². The molecule has 2 aromatic heterocycles. The SMILES string of the molecule is O=C(Nc1nc2c(s1)CCCC2)N1CC[C@H](Oc2ccncc2)C1. The lowest BCUT2D eigenvalue weighted by molar-refractivity contribution is 0.194. The molecule has 6 nitrogen and oxygen atoms in total. The molecule has 0 unspecified atom stereocenters. The summed E-state index contributed by atoms with van der Waals surface area (Å²) in [4.78, 5) is 24.1. The molecule has 1 fully saturated rings. The van der Waals surface area contributed by atoms with Crippen LogP contribution in [0.4, 0.5) is 9.93 Å². The summed E-state index contributed by atoms with van der Waals surface area (Å²) < 4.78 is 5.90. The van der Waals surface area contributed by atoms with E-state index in [0.29, 0.717) is 13.1 Å². The molecule has 1 aliphatic carbocycles. The largest absolute Gasteiger partial charge is 0.488 e. The zero-order chi connectivity index (χ0) is 16.4. The molecule has 0 spiro atoms. The second-order valence-corrected chi connectivity index (χ2v) is 7.27. The van der Waals surface area contributed by atoms with E-state index in [1.807, 2.05) is 12.1 Å². The summed E-state index contributed by atoms with van der Waals surface area (Å²) in [5.74, 6) is 0.796. The van der Waals surface area contributed by atoms with Crippen molar-refractivity contribution < 1.29 is 9.53 Å². The molecule has 1 atom stereocenters. The number of urea groups is 1. The van der Waals surface area contributed by atoms with Crippen molar-refractivity contribution in [3.05, 3.63) is 35.1 Å². The van der Waals surface area contributed by atoms with Gasteiger partial charge in [-0.25, -0.2) is 9.78 Å². The van der Waals surface area contributed by atoms with Gasteiger partial charge in [-0.05, 0) is 37.8 Å². The number of hydrogen-bond acceptors (Lipinski definition) is 5. The van der Waals surface area contributed by atoms with E-state index in [9.17, 15) is 4.79 Å². The summed E-state index contributed by atoms with van der Waals surface area (Å²) >= 11 is 1.62. The van der Waals surface area contributed by atoms with Gasteiger partial charge in [0.1, 0.15) is 11.9 Å². The molecule has 0 saturated carbocycles. The summed E-state index contributed by atoms with van der Waals surface area (Å²) in [6.07, 6.45) is 8.83. The number of pyridine rings is 1. The molecule has 2 aliphatic rings. The lowest BCUT2D eigenvalue weighted by Crippen LogP contribution is -2.34. The maximum absolute atomic E-state index is 12.4. The number of hydrogen-bond donors (Lipinski definition) is 1. The lowest BCUT2D eigenvalue weighted by Gasteiger charge is -2.17. The molecule has 7 heteroatoms. The average molecular weight is 344 g/mol. The normalized spacial score (nSPS) is 19.8. The molecule has 126 valence electrons. The van der Waals surface area contributed by atoms with Crippen LogP contribution in [0.2, 0.25) is 0 Å². The molecule has 0 radical (unpaired) electrons. The number of nitrogens with zero attached hydrogens (tertiary/aromatic N) is 3. The molecule has 2 aromatic rings. The first-order valence-electron chi connectivity index (χ1n) is 8.39. The number of carbonyl (C=O) groups excluding carboxylic acids is 1. The van der Waals surface area contributed by atoms with Gasteiger partial charge in [-0.2, -0.15) is 0 Å². The molecular weight excluding hydrogens is 324 g/mol. The third-order valence-corrected chi connectivity index (χ3v) is 5.52. The Bertz CT molecular complexity index is 695. The Labute approximate surface area is 144 Å². The third kappa shape index (κ3) is 3.36. The molecule has 2 amide bonds. The van der Waals surface area contributed by atoms with Gasteiger partial charge >= 0.3 is 6.03 Å². The van der Waals surface area contributed by atoms with Gasteiger partial charge < -0.3 is 9.64 Å². The number of carbonyl (C=O) groups is 1. The van der Waals surface area contributed by atoms with Crippen molar-refractivity contribution >= 4 is 22.5 Å². The number of aryl methyl sites for hydroxylation is 2. The van der Waals surface area contributed by atoms with Gasteiger partial charge in [-0.3, -0.25) is 10.3 Å². The highest BCUT2D eigenvalue weighted by molar-refractivity contribution is 7.15. The molecule has 24 heavy (non-hydrogen) atoms. The number of ether oxygens (including phenoxy) is 1. The number of fused-ring (bicyclic) bond motifs is 1. The Morgan fingerprint density at radius 3 is 2.96 bits per heavy atom. The quantitative estimate of drug-likeness (QED) is 0.929. The van der Waals surface area contributed by atoms with Crippen molar-refractivity contribution in [1.29, 1.82) is 0 Å². The monoisotopic (exact) mass is 344 g/mol. The third-order valence-electron chi connectivity index (χ3n) is 4.44. The zero-order valence-corrected chi connectivity index (χ0v) is 14.2. The van der Waals surface area contributed by atoms with Gasteiger partial charge in [0.2, 0.25) is 0 Å². The van der Waals surface area contributed by atoms with Crippen molar-refractivity contribution in [2.24, 2.45) is 0 Å². The van der Waals surface area contributed by atoms with Crippen molar-refractivity contribution in [2.45, 2.75) is 38.2 Å². The Balaban J connectivity index is 1.33. The number of anilines is 1. The lowest BCUT2D eigenvalue weighted by atomic mass is 10.0. The van der Waals surface area contributed by atoms with Crippen LogP contribution >= 0.6 is 11.3 Å². The van der Waals surface area contributed by atoms with E-state index in [4.69, 9.17) is 4.74 Å². The fourth-order valence-corrected chi connectivity index (χ4v) is 4.23. The standard InChI is InChI=1S/C17H20N4O2S/c22-17(20-16-19-14-3-1-2-4-15(14)24-16)21-10-7-13(11-21)23-12-5-8-18-9-6-12/h5-6,8-9,13H,1-4,7,10-11H2,(H,19,20,22)/t13-/m0/s1. The first kappa shape index (κ1) is 15.4. The van der Waals surface area contributed by atoms with Gasteiger partial charge in [0.05, 0.1) is 12.2 Å². The number of thiazole rings is 1. The Kier molecular flexibility index (Phi) is 4.34. The molecule has 1 aliphatic heterocycles. The maximum atomic E-state index is 12.4. The second kappa shape index (κ2) is 6.76. The number of likely N-dealkylation sites (tertiary alicyclic amines) is 1. The van der Waals surface area contributed by atoms with Crippen molar-refractivity contribution in [2.75, 3.05) is 18.4 Å². The number of nitrogens with one attached hydrogen (secondary N) is 1. The van der Waals surface area contributed by atoms with Crippen LogP contribution in [0.15, 0.2) is 24.5 Å². The fraction of sp³-hybridized carbons (Fsp3) is 0.471. The van der Waals surface area contributed by atoms with Crippen LogP contribution in [0.1, 0.15) is 29.8 Å². The minimum atomic E-state index is -0.0816. The molecule has 1 N–H and O–H groups in total. The Hall–Kier alpha value is -2.15. The topological polar surface area (TPSA) is 67.4 Å². The second-order valence-electron chi connectivity index (χ2n) is 6.18. The Morgan fingerprint density at radius 2 is 2.12 bits per heavy atom. The van der Waals surface area contributed by atoms with Crippen LogP contribution in [0.25, 0.3) is 0 Å².